The highest BCUT2D eigenvalue weighted by Crippen LogP contribution is 2.31. The highest BCUT2D eigenvalue weighted by molar-refractivity contribution is 7.89. The Morgan fingerprint density at radius 3 is 2.44 bits per heavy atom. The molecule has 0 aromatic heterocycles. The average Bonchev–Trinajstić information content (AvgIpc) is 3.24. The molecule has 2 aliphatic rings. The Morgan fingerprint density at radius 2 is 1.76 bits per heavy atom. The van der Waals surface area contributed by atoms with Crippen LogP contribution in [0.25, 0.3) is 0 Å². The second-order valence-corrected chi connectivity index (χ2v) is 10.2. The molecule has 9 nitrogen and oxygen atoms in total. The van der Waals surface area contributed by atoms with Crippen molar-refractivity contribution in [2.45, 2.75) is 31.3 Å². The molecule has 1 saturated heterocycles. The molecule has 34 heavy (non-hydrogen) atoms. The maximum atomic E-state index is 12.7. The number of para-hydroxylation sites is 2. The Kier molecular flexibility index (Phi) is 7.08. The van der Waals surface area contributed by atoms with Gasteiger partial charge in [0.1, 0.15) is 12.7 Å². The molecule has 0 radical (unpaired) electrons. The zero-order valence-electron chi connectivity index (χ0n) is 19.3. The van der Waals surface area contributed by atoms with Crippen LogP contribution in [0.5, 0.6) is 11.5 Å². The smallest absolute Gasteiger partial charge is 0.243 e. The molecule has 2 atom stereocenters. The van der Waals surface area contributed by atoms with Crippen LogP contribution in [-0.2, 0) is 19.6 Å². The quantitative estimate of drug-likeness (QED) is 0.611. The van der Waals surface area contributed by atoms with Gasteiger partial charge in [0.25, 0.3) is 0 Å². The summed E-state index contributed by atoms with van der Waals surface area (Å²) in [6.07, 6.45) is -0.219. The normalized spacial score (nSPS) is 20.0. The van der Waals surface area contributed by atoms with E-state index in [4.69, 9.17) is 9.47 Å². The lowest BCUT2D eigenvalue weighted by Gasteiger charge is -2.26. The minimum Gasteiger partial charge on any atom is -0.486 e. The third kappa shape index (κ3) is 4.88. The summed E-state index contributed by atoms with van der Waals surface area (Å²) in [6.45, 7) is 5.17. The Morgan fingerprint density at radius 1 is 1.09 bits per heavy atom. The van der Waals surface area contributed by atoms with E-state index in [1.54, 1.807) is 26.0 Å². The number of hydrogen-bond donors (Lipinski definition) is 1. The van der Waals surface area contributed by atoms with E-state index in [9.17, 15) is 18.0 Å². The predicted octanol–water partition coefficient (Wildman–Crippen LogP) is 2.03. The molecule has 0 aliphatic carbocycles. The summed E-state index contributed by atoms with van der Waals surface area (Å²) in [5, 5.41) is 2.86. The van der Waals surface area contributed by atoms with Gasteiger partial charge in [-0.1, -0.05) is 26.0 Å². The van der Waals surface area contributed by atoms with E-state index in [0.29, 0.717) is 36.9 Å². The van der Waals surface area contributed by atoms with Crippen molar-refractivity contribution in [3.63, 3.8) is 0 Å². The van der Waals surface area contributed by atoms with Gasteiger partial charge >= 0.3 is 0 Å². The minimum absolute atomic E-state index is 0.0934. The number of hydrogen-bond acceptors (Lipinski definition) is 6. The second-order valence-electron chi connectivity index (χ2n) is 8.23. The summed E-state index contributed by atoms with van der Waals surface area (Å²) in [4.78, 5) is 27.0. The van der Waals surface area contributed by atoms with Crippen molar-refractivity contribution < 1.29 is 27.5 Å². The van der Waals surface area contributed by atoms with E-state index < -0.39 is 15.9 Å². The van der Waals surface area contributed by atoms with Crippen molar-refractivity contribution in [3.8, 4) is 11.5 Å². The molecule has 2 heterocycles. The van der Waals surface area contributed by atoms with E-state index in [1.165, 1.54) is 21.3 Å². The number of benzene rings is 2. The highest BCUT2D eigenvalue weighted by Gasteiger charge is 2.36. The van der Waals surface area contributed by atoms with Crippen molar-refractivity contribution in [3.05, 3.63) is 48.5 Å². The van der Waals surface area contributed by atoms with Crippen LogP contribution < -0.4 is 19.7 Å². The molecule has 182 valence electrons. The van der Waals surface area contributed by atoms with Crippen LogP contribution in [0.3, 0.4) is 0 Å². The lowest BCUT2D eigenvalue weighted by Crippen LogP contribution is -2.43. The molecule has 4 rings (SSSR count). The molecule has 0 saturated carbocycles. The Bertz CT molecular complexity index is 1150. The number of rotatable bonds is 8. The van der Waals surface area contributed by atoms with Crippen molar-refractivity contribution in [1.82, 2.24) is 9.62 Å². The summed E-state index contributed by atoms with van der Waals surface area (Å²) in [5.41, 5.74) is 0.569. The van der Waals surface area contributed by atoms with Crippen LogP contribution in [0.4, 0.5) is 5.69 Å². The van der Waals surface area contributed by atoms with Gasteiger partial charge in [0.05, 0.1) is 17.4 Å². The number of fused-ring (bicyclic) bond motifs is 1. The SMILES string of the molecule is CCN(CC)S(=O)(=O)c1ccc(N2C[C@@H](C(=O)NC[C@H]3COc4ccccc4O3)CC2=O)cc1. The Labute approximate surface area is 199 Å². The van der Waals surface area contributed by atoms with Crippen LogP contribution in [0.1, 0.15) is 20.3 Å². The van der Waals surface area contributed by atoms with Crippen molar-refractivity contribution >= 4 is 27.5 Å². The molecule has 10 heteroatoms. The summed E-state index contributed by atoms with van der Waals surface area (Å²) in [6, 6.07) is 13.6. The molecule has 2 amide bonds. The van der Waals surface area contributed by atoms with Gasteiger partial charge in [0.2, 0.25) is 21.8 Å². The van der Waals surface area contributed by atoms with Crippen LogP contribution in [0.2, 0.25) is 0 Å². The third-order valence-electron chi connectivity index (χ3n) is 6.06. The maximum Gasteiger partial charge on any atom is 0.243 e. The number of amides is 2. The number of carbonyl (C=O) groups excluding carboxylic acids is 2. The minimum atomic E-state index is -3.57. The molecule has 1 fully saturated rings. The Hall–Kier alpha value is -3.11. The van der Waals surface area contributed by atoms with Crippen LogP contribution >= 0.6 is 0 Å². The van der Waals surface area contributed by atoms with Gasteiger partial charge in [-0.25, -0.2) is 8.42 Å². The van der Waals surface area contributed by atoms with Gasteiger partial charge in [-0.15, -0.1) is 0 Å². The molecule has 1 N–H and O–H groups in total. The van der Waals surface area contributed by atoms with Crippen molar-refractivity contribution in [2.24, 2.45) is 5.92 Å². The average molecular weight is 488 g/mol. The number of nitrogens with zero attached hydrogens (tertiary/aromatic N) is 2. The van der Waals surface area contributed by atoms with E-state index in [-0.39, 0.29) is 42.3 Å². The summed E-state index contributed by atoms with van der Waals surface area (Å²) >= 11 is 0. The lowest BCUT2D eigenvalue weighted by atomic mass is 10.1. The zero-order valence-corrected chi connectivity index (χ0v) is 20.1. The number of sulfonamides is 1. The molecule has 0 unspecified atom stereocenters. The van der Waals surface area contributed by atoms with Gasteiger partial charge in [0.15, 0.2) is 11.5 Å². The fourth-order valence-electron chi connectivity index (χ4n) is 4.17. The third-order valence-corrected chi connectivity index (χ3v) is 8.12. The molecule has 0 bridgehead atoms. The summed E-state index contributed by atoms with van der Waals surface area (Å²) in [5.74, 6) is 0.424. The van der Waals surface area contributed by atoms with E-state index >= 15 is 0 Å². The zero-order chi connectivity index (χ0) is 24.3. The van der Waals surface area contributed by atoms with E-state index in [2.05, 4.69) is 5.32 Å². The number of anilines is 1. The molecular formula is C24H29N3O6S. The fraction of sp³-hybridized carbons (Fsp3) is 0.417. The van der Waals surface area contributed by atoms with E-state index in [0.717, 1.165) is 0 Å². The van der Waals surface area contributed by atoms with Gasteiger partial charge < -0.3 is 19.7 Å². The first-order valence-corrected chi connectivity index (χ1v) is 12.8. The van der Waals surface area contributed by atoms with Crippen LogP contribution in [0, 0.1) is 5.92 Å². The van der Waals surface area contributed by atoms with Crippen LogP contribution in [-0.4, -0.2) is 63.4 Å². The first kappa shape index (κ1) is 24.0. The topological polar surface area (TPSA) is 105 Å². The first-order chi connectivity index (χ1) is 16.3. The maximum absolute atomic E-state index is 12.7. The van der Waals surface area contributed by atoms with Gasteiger partial charge in [-0.3, -0.25) is 9.59 Å². The predicted molar refractivity (Wildman–Crippen MR) is 126 cm³/mol. The summed E-state index contributed by atoms with van der Waals surface area (Å²) < 4.78 is 38.3. The number of nitrogens with one attached hydrogen (secondary N) is 1. The monoisotopic (exact) mass is 487 g/mol. The first-order valence-electron chi connectivity index (χ1n) is 11.4. The van der Waals surface area contributed by atoms with E-state index in [1.807, 2.05) is 24.3 Å². The highest BCUT2D eigenvalue weighted by atomic mass is 32.2. The second kappa shape index (κ2) is 10.0. The number of ether oxygens (including phenoxy) is 2. The molecule has 2 aliphatic heterocycles. The summed E-state index contributed by atoms with van der Waals surface area (Å²) in [7, 11) is -3.57. The van der Waals surface area contributed by atoms with Crippen LogP contribution in [0.15, 0.2) is 53.4 Å². The lowest BCUT2D eigenvalue weighted by molar-refractivity contribution is -0.126. The standard InChI is InChI=1S/C24H29N3O6S/c1-3-26(4-2)34(30,31)20-11-9-18(10-12-20)27-15-17(13-23(27)28)24(29)25-14-19-16-32-21-7-5-6-8-22(21)33-19/h5-12,17,19H,3-4,13-16H2,1-2H3,(H,25,29)/t17-,19-/m0/s1. The molecule has 2 aromatic rings. The van der Waals surface area contributed by atoms with Gasteiger partial charge in [0, 0.05) is 31.7 Å². The fourth-order valence-corrected chi connectivity index (χ4v) is 5.62. The molecule has 2 aromatic carbocycles. The Balaban J connectivity index is 1.34. The van der Waals surface area contributed by atoms with Gasteiger partial charge in [-0.2, -0.15) is 4.31 Å². The number of carbonyl (C=O) groups is 2. The molecule has 0 spiro atoms. The molecular weight excluding hydrogens is 458 g/mol. The van der Waals surface area contributed by atoms with Gasteiger partial charge in [-0.05, 0) is 36.4 Å². The van der Waals surface area contributed by atoms with Crippen molar-refractivity contribution in [1.29, 1.82) is 0 Å². The van der Waals surface area contributed by atoms with Crippen molar-refractivity contribution in [2.75, 3.05) is 37.7 Å². The largest absolute Gasteiger partial charge is 0.486 e.